The highest BCUT2D eigenvalue weighted by Gasteiger charge is 2.28. The fourth-order valence-electron chi connectivity index (χ4n) is 2.93. The standard InChI is InChI=1S/C14H25N3O3/c1-20-14(19)12-10-17(9-8-16-12)13(18)3-2-11-4-6-15-7-5-11/h11-12,15-16H,2-10H2,1H3/t12-/m1/s1. The summed E-state index contributed by atoms with van der Waals surface area (Å²) in [6.45, 7) is 3.89. The van der Waals surface area contributed by atoms with Crippen LogP contribution in [0.1, 0.15) is 25.7 Å². The van der Waals surface area contributed by atoms with Crippen molar-refractivity contribution < 1.29 is 14.3 Å². The fraction of sp³-hybridized carbons (Fsp3) is 0.857. The van der Waals surface area contributed by atoms with Gasteiger partial charge in [0.25, 0.3) is 0 Å². The van der Waals surface area contributed by atoms with Crippen molar-refractivity contribution in [3.63, 3.8) is 0 Å². The number of rotatable bonds is 4. The Hall–Kier alpha value is -1.14. The molecule has 0 saturated carbocycles. The maximum absolute atomic E-state index is 12.2. The minimum absolute atomic E-state index is 0.166. The van der Waals surface area contributed by atoms with Crippen LogP contribution in [-0.4, -0.2) is 62.7 Å². The predicted molar refractivity (Wildman–Crippen MR) is 75.2 cm³/mol. The molecule has 20 heavy (non-hydrogen) atoms. The molecule has 2 saturated heterocycles. The van der Waals surface area contributed by atoms with E-state index in [1.54, 1.807) is 4.90 Å². The van der Waals surface area contributed by atoms with E-state index in [-0.39, 0.29) is 17.9 Å². The van der Waals surface area contributed by atoms with Crippen molar-refractivity contribution in [3.8, 4) is 0 Å². The highest BCUT2D eigenvalue weighted by Crippen LogP contribution is 2.18. The van der Waals surface area contributed by atoms with Crippen molar-refractivity contribution in [2.24, 2.45) is 5.92 Å². The highest BCUT2D eigenvalue weighted by molar-refractivity contribution is 5.80. The molecule has 6 heteroatoms. The first-order chi connectivity index (χ1) is 9.70. The molecule has 2 heterocycles. The molecule has 0 radical (unpaired) electrons. The molecule has 2 N–H and O–H groups in total. The average molecular weight is 283 g/mol. The Kier molecular flexibility index (Phi) is 5.79. The third-order valence-electron chi connectivity index (χ3n) is 4.24. The molecular weight excluding hydrogens is 258 g/mol. The summed E-state index contributed by atoms with van der Waals surface area (Å²) < 4.78 is 4.73. The number of hydrogen-bond acceptors (Lipinski definition) is 5. The van der Waals surface area contributed by atoms with Crippen molar-refractivity contribution in [1.82, 2.24) is 15.5 Å². The first-order valence-electron chi connectivity index (χ1n) is 7.50. The monoisotopic (exact) mass is 283 g/mol. The van der Waals surface area contributed by atoms with Crippen molar-refractivity contribution in [2.75, 3.05) is 39.8 Å². The summed E-state index contributed by atoms with van der Waals surface area (Å²) in [7, 11) is 1.38. The number of carbonyl (C=O) groups excluding carboxylic acids is 2. The van der Waals surface area contributed by atoms with Crippen LogP contribution in [0.25, 0.3) is 0 Å². The third kappa shape index (κ3) is 4.18. The summed E-state index contributed by atoms with van der Waals surface area (Å²) in [5.74, 6) is 0.541. The largest absolute Gasteiger partial charge is 0.468 e. The molecule has 6 nitrogen and oxygen atoms in total. The molecule has 0 aliphatic carbocycles. The normalized spacial score (nSPS) is 24.4. The van der Waals surface area contributed by atoms with Crippen molar-refractivity contribution in [3.05, 3.63) is 0 Å². The van der Waals surface area contributed by atoms with Crippen LogP contribution in [0.3, 0.4) is 0 Å². The minimum Gasteiger partial charge on any atom is -0.468 e. The van der Waals surface area contributed by atoms with Crippen LogP contribution in [-0.2, 0) is 14.3 Å². The second-order valence-electron chi connectivity index (χ2n) is 5.60. The molecule has 2 aliphatic rings. The Morgan fingerprint density at radius 2 is 2.00 bits per heavy atom. The number of carbonyl (C=O) groups is 2. The van der Waals surface area contributed by atoms with E-state index in [0.717, 1.165) is 19.5 Å². The SMILES string of the molecule is COC(=O)[C@H]1CN(C(=O)CCC2CCNCC2)CCN1. The van der Waals surface area contributed by atoms with Gasteiger partial charge in [0, 0.05) is 26.1 Å². The van der Waals surface area contributed by atoms with Gasteiger partial charge in [-0.1, -0.05) is 0 Å². The van der Waals surface area contributed by atoms with Gasteiger partial charge in [-0.05, 0) is 38.3 Å². The third-order valence-corrected chi connectivity index (χ3v) is 4.24. The lowest BCUT2D eigenvalue weighted by molar-refractivity contribution is -0.145. The first-order valence-corrected chi connectivity index (χ1v) is 7.50. The summed E-state index contributed by atoms with van der Waals surface area (Å²) in [6, 6.07) is -0.378. The number of piperidine rings is 1. The van der Waals surface area contributed by atoms with Crippen LogP contribution in [0, 0.1) is 5.92 Å². The van der Waals surface area contributed by atoms with Crippen molar-refractivity contribution in [2.45, 2.75) is 31.7 Å². The Balaban J connectivity index is 1.75. The molecule has 0 bridgehead atoms. The number of esters is 1. The van der Waals surface area contributed by atoms with E-state index in [9.17, 15) is 9.59 Å². The summed E-state index contributed by atoms with van der Waals surface area (Å²) in [5.41, 5.74) is 0. The van der Waals surface area contributed by atoms with Gasteiger partial charge in [-0.25, -0.2) is 0 Å². The maximum Gasteiger partial charge on any atom is 0.324 e. The molecule has 114 valence electrons. The lowest BCUT2D eigenvalue weighted by Crippen LogP contribution is -2.56. The molecule has 2 aliphatic heterocycles. The summed E-state index contributed by atoms with van der Waals surface area (Å²) >= 11 is 0. The van der Waals surface area contributed by atoms with Crippen LogP contribution in [0.15, 0.2) is 0 Å². The Bertz CT molecular complexity index is 343. The zero-order valence-corrected chi connectivity index (χ0v) is 12.2. The number of methoxy groups -OCH3 is 1. The zero-order valence-electron chi connectivity index (χ0n) is 12.2. The second-order valence-corrected chi connectivity index (χ2v) is 5.60. The molecule has 0 aromatic rings. The second kappa shape index (κ2) is 7.59. The van der Waals surface area contributed by atoms with E-state index >= 15 is 0 Å². The number of nitrogens with one attached hydrogen (secondary N) is 2. The summed E-state index contributed by atoms with van der Waals surface area (Å²) in [4.78, 5) is 25.5. The Morgan fingerprint density at radius 1 is 1.25 bits per heavy atom. The van der Waals surface area contributed by atoms with Gasteiger partial charge in [-0.15, -0.1) is 0 Å². The molecule has 1 amide bonds. The molecule has 0 aromatic carbocycles. The quantitative estimate of drug-likeness (QED) is 0.696. The molecule has 2 fully saturated rings. The van der Waals surface area contributed by atoms with Gasteiger partial charge in [-0.3, -0.25) is 9.59 Å². The number of ether oxygens (including phenoxy) is 1. The Labute approximate surface area is 120 Å². The molecular formula is C14H25N3O3. The molecule has 0 unspecified atom stereocenters. The smallest absolute Gasteiger partial charge is 0.324 e. The molecule has 0 spiro atoms. The lowest BCUT2D eigenvalue weighted by atomic mass is 9.93. The van der Waals surface area contributed by atoms with Crippen LogP contribution in [0.4, 0.5) is 0 Å². The van der Waals surface area contributed by atoms with Crippen LogP contribution in [0.5, 0.6) is 0 Å². The topological polar surface area (TPSA) is 70.7 Å². The van der Waals surface area contributed by atoms with E-state index in [0.29, 0.717) is 32.0 Å². The maximum atomic E-state index is 12.2. The summed E-state index contributed by atoms with van der Waals surface area (Å²) in [5, 5.41) is 6.42. The van der Waals surface area contributed by atoms with Gasteiger partial charge in [0.2, 0.25) is 5.91 Å². The zero-order chi connectivity index (χ0) is 14.4. The predicted octanol–water partition coefficient (Wildman–Crippen LogP) is -0.260. The van der Waals surface area contributed by atoms with Crippen LogP contribution < -0.4 is 10.6 Å². The van der Waals surface area contributed by atoms with Gasteiger partial charge in [-0.2, -0.15) is 0 Å². The van der Waals surface area contributed by atoms with E-state index in [1.165, 1.54) is 20.0 Å². The number of piperazine rings is 1. The molecule has 0 aromatic heterocycles. The van der Waals surface area contributed by atoms with Gasteiger partial charge in [0.15, 0.2) is 0 Å². The van der Waals surface area contributed by atoms with Crippen LogP contribution in [0.2, 0.25) is 0 Å². The van der Waals surface area contributed by atoms with Crippen molar-refractivity contribution in [1.29, 1.82) is 0 Å². The molecule has 1 atom stereocenters. The first kappa shape index (κ1) is 15.3. The van der Waals surface area contributed by atoms with Crippen molar-refractivity contribution >= 4 is 11.9 Å². The number of nitrogens with zero attached hydrogens (tertiary/aromatic N) is 1. The fourth-order valence-corrected chi connectivity index (χ4v) is 2.93. The molecule has 2 rings (SSSR count). The average Bonchev–Trinajstić information content (AvgIpc) is 2.53. The number of hydrogen-bond donors (Lipinski definition) is 2. The van der Waals surface area contributed by atoms with Gasteiger partial charge >= 0.3 is 5.97 Å². The summed E-state index contributed by atoms with van der Waals surface area (Å²) in [6.07, 6.45) is 3.89. The van der Waals surface area contributed by atoms with E-state index in [4.69, 9.17) is 4.74 Å². The van der Waals surface area contributed by atoms with E-state index in [2.05, 4.69) is 10.6 Å². The Morgan fingerprint density at radius 3 is 2.70 bits per heavy atom. The lowest BCUT2D eigenvalue weighted by Gasteiger charge is -2.32. The van der Waals surface area contributed by atoms with Gasteiger partial charge in [0.05, 0.1) is 7.11 Å². The van der Waals surface area contributed by atoms with Gasteiger partial charge < -0.3 is 20.3 Å². The van der Waals surface area contributed by atoms with Crippen LogP contribution >= 0.6 is 0 Å². The van der Waals surface area contributed by atoms with E-state index < -0.39 is 0 Å². The van der Waals surface area contributed by atoms with Gasteiger partial charge in [0.1, 0.15) is 6.04 Å². The van der Waals surface area contributed by atoms with E-state index in [1.807, 2.05) is 0 Å². The number of amides is 1. The highest BCUT2D eigenvalue weighted by atomic mass is 16.5. The minimum atomic E-state index is -0.378.